The van der Waals surface area contributed by atoms with Crippen LogP contribution in [-0.2, 0) is 35.1 Å². The number of ether oxygens (including phenoxy) is 3. The zero-order valence-electron chi connectivity index (χ0n) is 35.5. The van der Waals surface area contributed by atoms with Gasteiger partial charge in [0.25, 0.3) is 11.8 Å². The molecule has 3 N–H and O–H groups in total. The lowest BCUT2D eigenvalue weighted by Gasteiger charge is -2.36. The molecule has 346 valence electrons. The van der Waals surface area contributed by atoms with Crippen LogP contribution >= 0.6 is 0 Å². The van der Waals surface area contributed by atoms with Crippen LogP contribution in [0.25, 0.3) is 11.0 Å². The molecule has 20 heteroatoms. The number of alkyl halides is 4. The summed E-state index contributed by atoms with van der Waals surface area (Å²) in [7, 11) is -2.88. The number of nitrogens with one attached hydrogen (secondary N) is 3. The summed E-state index contributed by atoms with van der Waals surface area (Å²) in [6, 6.07) is 1.61. The number of alkyl carbamates (subject to hydrolysis) is 1. The molecule has 0 spiro atoms. The molecule has 4 saturated carbocycles. The van der Waals surface area contributed by atoms with Crippen molar-refractivity contribution in [3.8, 4) is 11.6 Å². The molecule has 4 amide bonds. The van der Waals surface area contributed by atoms with Gasteiger partial charge in [-0.2, -0.15) is 8.78 Å². The van der Waals surface area contributed by atoms with Crippen molar-refractivity contribution in [1.29, 1.82) is 0 Å². The van der Waals surface area contributed by atoms with Crippen LogP contribution in [0.15, 0.2) is 18.2 Å². The average Bonchev–Trinajstić information content (AvgIpc) is 4.14. The Labute approximate surface area is 361 Å². The van der Waals surface area contributed by atoms with E-state index < -0.39 is 129 Å². The number of carbonyl (C=O) groups is 4. The highest BCUT2D eigenvalue weighted by Gasteiger charge is 2.67. The number of hydrogen-bond donors (Lipinski definition) is 3. The summed E-state index contributed by atoms with van der Waals surface area (Å²) in [4.78, 5) is 66.4. The maximum atomic E-state index is 16.5. The fourth-order valence-corrected chi connectivity index (χ4v) is 11.3. The lowest BCUT2D eigenvalue weighted by atomic mass is 9.85. The highest BCUT2D eigenvalue weighted by molar-refractivity contribution is 7.91. The number of aromatic nitrogens is 2. The van der Waals surface area contributed by atoms with Gasteiger partial charge in [-0.3, -0.25) is 19.1 Å². The summed E-state index contributed by atoms with van der Waals surface area (Å²) in [5, 5.41) is 5.09. The third kappa shape index (κ3) is 8.01. The second-order valence-corrected chi connectivity index (χ2v) is 21.7. The van der Waals surface area contributed by atoms with E-state index in [1.165, 1.54) is 26.2 Å². The van der Waals surface area contributed by atoms with E-state index in [9.17, 15) is 36.4 Å². The van der Waals surface area contributed by atoms with E-state index in [1.54, 1.807) is 26.8 Å². The normalized spacial score (nSPS) is 34.0. The van der Waals surface area contributed by atoms with Gasteiger partial charge >= 0.3 is 6.09 Å². The number of sulfonamides is 1. The van der Waals surface area contributed by atoms with Gasteiger partial charge in [-0.25, -0.2) is 32.0 Å². The van der Waals surface area contributed by atoms with Gasteiger partial charge in [-0.05, 0) is 86.7 Å². The minimum Gasteiger partial charge on any atom is -0.497 e. The van der Waals surface area contributed by atoms with Gasteiger partial charge in [0.05, 0.1) is 35.4 Å². The summed E-state index contributed by atoms with van der Waals surface area (Å²) >= 11 is 0. The van der Waals surface area contributed by atoms with Crippen molar-refractivity contribution < 1.29 is 63.6 Å². The Morgan fingerprint density at radius 2 is 1.77 bits per heavy atom. The minimum absolute atomic E-state index is 0. The Hall–Kier alpha value is -4.49. The van der Waals surface area contributed by atoms with Crippen molar-refractivity contribution in [1.82, 2.24) is 30.2 Å². The number of methoxy groups -OCH3 is 1. The second-order valence-electron chi connectivity index (χ2n) is 19.5. The predicted octanol–water partition coefficient (Wildman–Crippen LogP) is 5.94. The van der Waals surface area contributed by atoms with Crippen LogP contribution < -0.4 is 24.8 Å². The molecule has 1 aromatic carbocycles. The summed E-state index contributed by atoms with van der Waals surface area (Å²) in [6.45, 7) is 8.14. The number of amides is 4. The number of benzene rings is 1. The average molecular weight is 901 g/mol. The molecule has 1 saturated heterocycles. The molecule has 2 bridgehead atoms. The fourth-order valence-electron chi connectivity index (χ4n) is 9.95. The van der Waals surface area contributed by atoms with Crippen LogP contribution in [0.2, 0.25) is 0 Å². The van der Waals surface area contributed by atoms with Crippen molar-refractivity contribution in [3.63, 3.8) is 0 Å². The Bertz CT molecular complexity index is 2290. The third-order valence-corrected chi connectivity index (χ3v) is 16.4. The molecule has 2 aromatic rings. The fraction of sp³-hybridized carbons (Fsp3) is 0.714. The zero-order valence-corrected chi connectivity index (χ0v) is 36.3. The predicted molar refractivity (Wildman–Crippen MR) is 220 cm³/mol. The summed E-state index contributed by atoms with van der Waals surface area (Å²) in [6.07, 6.45) is -5.20. The van der Waals surface area contributed by atoms with Crippen molar-refractivity contribution in [2.75, 3.05) is 13.7 Å². The Morgan fingerprint density at radius 3 is 2.42 bits per heavy atom. The van der Waals surface area contributed by atoms with Gasteiger partial charge < -0.3 is 29.7 Å². The number of nitrogens with zero attached hydrogens (tertiary/aromatic N) is 3. The SMILES string of the molecule is COc1ccc2nc3c(nc2c1)O[C@@H]1C[C@@H](C(=O)N[C@]2(C(=O)NS(=O)(=O)C4(C)CC4)C[C@H]2C(F)F)N(C1)C(=O)[C@H](C(C)(C)C)NC(=O)O[C@@H]1C[C@@H]2C(C)[C@@H]2[C@H]1CCCCC3(F)F.[HH].[HH].[HH]. The van der Waals surface area contributed by atoms with Crippen molar-refractivity contribution in [2.45, 2.75) is 139 Å². The molecular weight excluding hydrogens is 841 g/mol. The van der Waals surface area contributed by atoms with E-state index in [4.69, 9.17) is 14.2 Å². The van der Waals surface area contributed by atoms with Gasteiger partial charge in [0, 0.05) is 23.2 Å². The van der Waals surface area contributed by atoms with Gasteiger partial charge in [0.2, 0.25) is 34.1 Å². The maximum absolute atomic E-state index is 16.5. The number of halogens is 4. The van der Waals surface area contributed by atoms with Gasteiger partial charge in [-0.1, -0.05) is 34.1 Å². The van der Waals surface area contributed by atoms with Crippen LogP contribution in [0.1, 0.15) is 102 Å². The largest absolute Gasteiger partial charge is 0.497 e. The number of rotatable bonds is 7. The third-order valence-electron chi connectivity index (χ3n) is 14.2. The standard InChI is InChI=1S/C42H54F4N6O9S.3H2/c1-20-24-17-29-23(30(20)24)9-7-8-12-42(45,46)31-35(48-27-15-21(59-6)10-11-26(27)47-31)60-22-16-28(52(19-22)36(54)32(39(2,3)4)49-38(56)61-29)34(53)50-41(18-25(41)33(43)44)37(55)51-62(57,58)40(5)13-14-40;;;/h10-11,15,20,22-25,28-30,32-33H,7-9,12-14,16-19H2,1-6H3,(H,49,56)(H,50,53)(H,51,55);3*1H/t20?,22-,23+,24-,25+,28+,29-,30-,32-,41-;;;/m1.../s1. The number of fused-ring (bicyclic) bond motifs is 7. The minimum atomic E-state index is -4.31. The van der Waals surface area contributed by atoms with E-state index in [-0.39, 0.29) is 46.4 Å². The van der Waals surface area contributed by atoms with Crippen molar-refractivity contribution >= 4 is 44.9 Å². The van der Waals surface area contributed by atoms with E-state index >= 15 is 8.78 Å². The highest BCUT2D eigenvalue weighted by atomic mass is 32.2. The summed E-state index contributed by atoms with van der Waals surface area (Å²) < 4.78 is 106. The quantitative estimate of drug-likeness (QED) is 0.279. The molecule has 0 radical (unpaired) electrons. The molecule has 1 aromatic heterocycles. The van der Waals surface area contributed by atoms with E-state index in [1.807, 2.05) is 4.72 Å². The first-order valence-corrected chi connectivity index (χ1v) is 22.8. The van der Waals surface area contributed by atoms with Crippen LogP contribution in [-0.4, -0.2) is 102 Å². The molecule has 6 aliphatic rings. The zero-order chi connectivity index (χ0) is 44.9. The van der Waals surface area contributed by atoms with Gasteiger partial charge in [0.1, 0.15) is 35.6 Å². The molecule has 15 nitrogen and oxygen atoms in total. The molecule has 8 rings (SSSR count). The number of hydrogen-bond acceptors (Lipinski definition) is 11. The molecule has 5 fully saturated rings. The van der Waals surface area contributed by atoms with E-state index in [0.29, 0.717) is 36.8 Å². The molecule has 2 aliphatic heterocycles. The second kappa shape index (κ2) is 15.3. The Kier molecular flexibility index (Phi) is 10.9. The van der Waals surface area contributed by atoms with Crippen LogP contribution in [0.3, 0.4) is 0 Å². The van der Waals surface area contributed by atoms with Crippen LogP contribution in [0.5, 0.6) is 11.6 Å². The number of carbonyl (C=O) groups excluding carboxylic acids is 4. The van der Waals surface area contributed by atoms with Gasteiger partial charge in [0.15, 0.2) is 5.69 Å². The first-order chi connectivity index (χ1) is 29.0. The van der Waals surface area contributed by atoms with Gasteiger partial charge in [-0.15, -0.1) is 0 Å². The highest BCUT2D eigenvalue weighted by Crippen LogP contribution is 2.62. The monoisotopic (exact) mass is 900 g/mol. The molecular formula is C42H60F4N6O9S. The van der Waals surface area contributed by atoms with Crippen molar-refractivity contribution in [3.05, 3.63) is 23.9 Å². The van der Waals surface area contributed by atoms with Crippen LogP contribution in [0, 0.1) is 35.0 Å². The first kappa shape index (κ1) is 44.1. The summed E-state index contributed by atoms with van der Waals surface area (Å²) in [5.41, 5.74) is -3.81. The molecule has 3 heterocycles. The lowest BCUT2D eigenvalue weighted by Crippen LogP contribution is -2.60. The summed E-state index contributed by atoms with van der Waals surface area (Å²) in [5.74, 6) is -7.83. The Balaban J connectivity index is 0.00000264. The smallest absolute Gasteiger partial charge is 0.408 e. The molecule has 10 atom stereocenters. The van der Waals surface area contributed by atoms with Crippen molar-refractivity contribution in [2.24, 2.45) is 35.0 Å². The Morgan fingerprint density at radius 1 is 1.05 bits per heavy atom. The first-order valence-electron chi connectivity index (χ1n) is 21.3. The van der Waals surface area contributed by atoms with E-state index in [2.05, 4.69) is 27.5 Å². The van der Waals surface area contributed by atoms with E-state index in [0.717, 1.165) is 4.90 Å². The topological polar surface area (TPSA) is 195 Å². The molecule has 62 heavy (non-hydrogen) atoms. The van der Waals surface area contributed by atoms with Crippen LogP contribution in [0.4, 0.5) is 22.4 Å². The lowest BCUT2D eigenvalue weighted by molar-refractivity contribution is -0.143. The molecule has 4 aliphatic carbocycles. The maximum Gasteiger partial charge on any atom is 0.408 e. The molecule has 1 unspecified atom stereocenters.